The first-order chi connectivity index (χ1) is 10.1. The van der Waals surface area contributed by atoms with Crippen LogP contribution in [-0.2, 0) is 12.4 Å². The Labute approximate surface area is 120 Å². The molecule has 3 N–H and O–H groups in total. The van der Waals surface area contributed by atoms with E-state index in [1.165, 1.54) is 18.3 Å². The monoisotopic (exact) mass is 321 g/mol. The van der Waals surface area contributed by atoms with Crippen LogP contribution in [0.1, 0.15) is 11.1 Å². The summed E-state index contributed by atoms with van der Waals surface area (Å²) in [6, 6.07) is 4.06. The van der Waals surface area contributed by atoms with E-state index in [1.807, 2.05) is 0 Å². The van der Waals surface area contributed by atoms with E-state index >= 15 is 0 Å². The third kappa shape index (κ3) is 3.60. The summed E-state index contributed by atoms with van der Waals surface area (Å²) >= 11 is 0. The van der Waals surface area contributed by atoms with Gasteiger partial charge < -0.3 is 11.1 Å². The van der Waals surface area contributed by atoms with E-state index in [4.69, 9.17) is 5.73 Å². The highest BCUT2D eigenvalue weighted by atomic mass is 19.4. The Kier molecular flexibility index (Phi) is 3.90. The molecule has 118 valence electrons. The van der Waals surface area contributed by atoms with Crippen LogP contribution in [0.25, 0.3) is 0 Å². The van der Waals surface area contributed by atoms with Gasteiger partial charge in [0.05, 0.1) is 16.8 Å². The summed E-state index contributed by atoms with van der Waals surface area (Å²) in [6.45, 7) is 0. The van der Waals surface area contributed by atoms with Gasteiger partial charge in [0.15, 0.2) is 5.82 Å². The maximum absolute atomic E-state index is 12.7. The van der Waals surface area contributed by atoms with Crippen LogP contribution in [-0.4, -0.2) is 4.98 Å². The van der Waals surface area contributed by atoms with Crippen LogP contribution < -0.4 is 11.1 Å². The molecule has 0 saturated heterocycles. The third-order valence-corrected chi connectivity index (χ3v) is 2.69. The van der Waals surface area contributed by atoms with Crippen LogP contribution in [0.2, 0.25) is 0 Å². The molecular weight excluding hydrogens is 312 g/mol. The second-order valence-electron chi connectivity index (χ2n) is 4.36. The lowest BCUT2D eigenvalue weighted by Crippen LogP contribution is -2.12. The highest BCUT2D eigenvalue weighted by molar-refractivity contribution is 5.69. The molecule has 0 aliphatic heterocycles. The average molecular weight is 321 g/mol. The van der Waals surface area contributed by atoms with E-state index in [-0.39, 0.29) is 17.6 Å². The molecule has 0 aliphatic rings. The molecule has 0 saturated carbocycles. The Morgan fingerprint density at radius 2 is 1.45 bits per heavy atom. The van der Waals surface area contributed by atoms with Crippen molar-refractivity contribution in [3.63, 3.8) is 0 Å². The second kappa shape index (κ2) is 5.39. The minimum absolute atomic E-state index is 0.0325. The minimum Gasteiger partial charge on any atom is -0.396 e. The molecule has 1 aromatic carbocycles. The molecule has 0 spiro atoms. The van der Waals surface area contributed by atoms with E-state index in [0.717, 1.165) is 0 Å². The predicted molar refractivity (Wildman–Crippen MR) is 68.4 cm³/mol. The van der Waals surface area contributed by atoms with Gasteiger partial charge in [0.1, 0.15) is 0 Å². The van der Waals surface area contributed by atoms with Crippen LogP contribution >= 0.6 is 0 Å². The summed E-state index contributed by atoms with van der Waals surface area (Å²) in [5.41, 5.74) is 2.39. The highest BCUT2D eigenvalue weighted by Gasteiger charge is 2.37. The zero-order chi connectivity index (χ0) is 16.5. The molecule has 3 nitrogen and oxygen atoms in total. The van der Waals surface area contributed by atoms with E-state index in [9.17, 15) is 26.3 Å². The van der Waals surface area contributed by atoms with Gasteiger partial charge in [-0.3, -0.25) is 0 Å². The molecular formula is C13H9F6N3. The smallest absolute Gasteiger partial charge is 0.396 e. The van der Waals surface area contributed by atoms with Gasteiger partial charge in [-0.25, -0.2) is 4.98 Å². The first kappa shape index (κ1) is 15.9. The van der Waals surface area contributed by atoms with Crippen molar-refractivity contribution in [2.75, 3.05) is 11.1 Å². The van der Waals surface area contributed by atoms with Crippen molar-refractivity contribution in [2.45, 2.75) is 12.4 Å². The number of hydrogen-bond donors (Lipinski definition) is 2. The third-order valence-electron chi connectivity index (χ3n) is 2.69. The second-order valence-corrected chi connectivity index (χ2v) is 4.36. The van der Waals surface area contributed by atoms with Crippen LogP contribution in [0.4, 0.5) is 43.5 Å². The number of nitrogens with one attached hydrogen (secondary N) is 1. The van der Waals surface area contributed by atoms with Gasteiger partial charge in [-0.1, -0.05) is 0 Å². The molecule has 0 radical (unpaired) electrons. The summed E-state index contributed by atoms with van der Waals surface area (Å²) in [5, 5.41) is 2.36. The fourth-order valence-corrected chi connectivity index (χ4v) is 1.69. The normalized spacial score (nSPS) is 12.3. The van der Waals surface area contributed by atoms with Crippen LogP contribution in [0.15, 0.2) is 36.5 Å². The number of alkyl halides is 6. The Morgan fingerprint density at radius 1 is 0.909 bits per heavy atom. The lowest BCUT2D eigenvalue weighted by atomic mass is 10.1. The van der Waals surface area contributed by atoms with E-state index in [0.29, 0.717) is 12.1 Å². The number of nitrogen functional groups attached to an aromatic ring is 1. The number of nitrogens with zero attached hydrogens (tertiary/aromatic N) is 1. The van der Waals surface area contributed by atoms with Crippen molar-refractivity contribution >= 4 is 17.2 Å². The Morgan fingerprint density at radius 3 is 1.91 bits per heavy atom. The minimum atomic E-state index is -4.91. The van der Waals surface area contributed by atoms with Crippen molar-refractivity contribution in [1.82, 2.24) is 4.98 Å². The van der Waals surface area contributed by atoms with Crippen molar-refractivity contribution in [3.05, 3.63) is 47.7 Å². The number of aromatic nitrogens is 1. The quantitative estimate of drug-likeness (QED) is 0.804. The van der Waals surface area contributed by atoms with Crippen molar-refractivity contribution < 1.29 is 26.3 Å². The maximum atomic E-state index is 12.7. The fraction of sp³-hybridized carbons (Fsp3) is 0.154. The molecule has 1 aromatic heterocycles. The Hall–Kier alpha value is -2.45. The molecule has 0 unspecified atom stereocenters. The van der Waals surface area contributed by atoms with E-state index in [2.05, 4.69) is 10.3 Å². The molecule has 0 bridgehead atoms. The van der Waals surface area contributed by atoms with Gasteiger partial charge in [-0.2, -0.15) is 26.3 Å². The summed E-state index contributed by atoms with van der Waals surface area (Å²) in [7, 11) is 0. The molecule has 9 heteroatoms. The number of benzene rings is 1. The van der Waals surface area contributed by atoms with E-state index < -0.39 is 29.2 Å². The highest BCUT2D eigenvalue weighted by Crippen LogP contribution is 2.38. The first-order valence-electron chi connectivity index (χ1n) is 5.84. The number of anilines is 3. The Balaban J connectivity index is 2.49. The molecule has 2 rings (SSSR count). The van der Waals surface area contributed by atoms with Gasteiger partial charge in [-0.15, -0.1) is 0 Å². The van der Waals surface area contributed by atoms with Crippen LogP contribution in [0, 0.1) is 0 Å². The number of hydrogen-bond acceptors (Lipinski definition) is 3. The number of pyridine rings is 1. The Bertz CT molecular complexity index is 646. The topological polar surface area (TPSA) is 50.9 Å². The van der Waals surface area contributed by atoms with Gasteiger partial charge >= 0.3 is 12.4 Å². The summed E-state index contributed by atoms with van der Waals surface area (Å²) in [5.74, 6) is -0.0325. The molecule has 0 aliphatic carbocycles. The van der Waals surface area contributed by atoms with Gasteiger partial charge in [0.2, 0.25) is 0 Å². The lowest BCUT2D eigenvalue weighted by molar-refractivity contribution is -0.143. The standard InChI is InChI=1S/C13H9F6N3/c14-12(15,16)7-4-8(13(17,18)19)6-9(5-7)22-11-10(20)2-1-3-21-11/h1-6H,20H2,(H,21,22). The molecule has 0 amide bonds. The molecule has 0 fully saturated rings. The van der Waals surface area contributed by atoms with Crippen molar-refractivity contribution in [2.24, 2.45) is 0 Å². The van der Waals surface area contributed by atoms with Crippen molar-refractivity contribution in [3.8, 4) is 0 Å². The average Bonchev–Trinajstić information content (AvgIpc) is 2.39. The summed E-state index contributed by atoms with van der Waals surface area (Å²) in [6.07, 6.45) is -8.52. The predicted octanol–water partition coefficient (Wildman–Crippen LogP) is 4.45. The zero-order valence-corrected chi connectivity index (χ0v) is 10.8. The zero-order valence-electron chi connectivity index (χ0n) is 10.8. The van der Waals surface area contributed by atoms with Gasteiger partial charge in [-0.05, 0) is 30.3 Å². The molecule has 22 heavy (non-hydrogen) atoms. The largest absolute Gasteiger partial charge is 0.416 e. The van der Waals surface area contributed by atoms with Gasteiger partial charge in [0, 0.05) is 11.9 Å². The SMILES string of the molecule is Nc1cccnc1Nc1cc(C(F)(F)F)cc(C(F)(F)F)c1. The van der Waals surface area contributed by atoms with Crippen LogP contribution in [0.5, 0.6) is 0 Å². The summed E-state index contributed by atoms with van der Waals surface area (Å²) < 4.78 is 76.3. The maximum Gasteiger partial charge on any atom is 0.416 e. The number of nitrogens with two attached hydrogens (primary N) is 1. The number of rotatable bonds is 2. The lowest BCUT2D eigenvalue weighted by Gasteiger charge is -2.15. The molecule has 0 atom stereocenters. The van der Waals surface area contributed by atoms with Crippen LogP contribution in [0.3, 0.4) is 0 Å². The number of halogens is 6. The summed E-state index contributed by atoms with van der Waals surface area (Å²) in [4.78, 5) is 3.76. The van der Waals surface area contributed by atoms with Crippen molar-refractivity contribution in [1.29, 1.82) is 0 Å². The first-order valence-corrected chi connectivity index (χ1v) is 5.84. The molecule has 2 aromatic rings. The fourth-order valence-electron chi connectivity index (χ4n) is 1.69. The van der Waals surface area contributed by atoms with Gasteiger partial charge in [0.25, 0.3) is 0 Å². The van der Waals surface area contributed by atoms with E-state index in [1.54, 1.807) is 0 Å². The molecule has 1 heterocycles.